The van der Waals surface area contributed by atoms with Gasteiger partial charge in [-0.1, -0.05) is 24.6 Å². The van der Waals surface area contributed by atoms with Crippen LogP contribution in [0.2, 0.25) is 5.02 Å². The number of hydrogen-bond donors (Lipinski definition) is 0. The fourth-order valence-corrected chi connectivity index (χ4v) is 3.15. The summed E-state index contributed by atoms with van der Waals surface area (Å²) in [6.07, 6.45) is 0.946. The van der Waals surface area contributed by atoms with Gasteiger partial charge in [-0.05, 0) is 34.5 Å². The smallest absolute Gasteiger partial charge is 0.143 e. The number of nitrogens with zero attached hydrogens (tertiary/aromatic N) is 2. The molecule has 1 aromatic carbocycles. The minimum Gasteiger partial charge on any atom is -0.299 e. The molecule has 0 N–H and O–H groups in total. The van der Waals surface area contributed by atoms with Crippen molar-refractivity contribution in [2.24, 2.45) is 7.05 Å². The first-order chi connectivity index (χ1) is 9.93. The molecule has 1 heterocycles. The fraction of sp³-hybridized carbons (Fsp3) is 0.333. The van der Waals surface area contributed by atoms with Gasteiger partial charge in [0.2, 0.25) is 0 Å². The van der Waals surface area contributed by atoms with Crippen molar-refractivity contribution >= 4 is 33.3 Å². The van der Waals surface area contributed by atoms with Gasteiger partial charge < -0.3 is 0 Å². The molecule has 0 saturated heterocycles. The number of benzene rings is 1. The van der Waals surface area contributed by atoms with Crippen LogP contribution in [0.15, 0.2) is 22.7 Å². The van der Waals surface area contributed by atoms with Crippen molar-refractivity contribution in [2.45, 2.75) is 26.2 Å². The van der Waals surface area contributed by atoms with Gasteiger partial charge in [0.1, 0.15) is 11.6 Å². The summed E-state index contributed by atoms with van der Waals surface area (Å²) in [5.74, 6) is -0.553. The van der Waals surface area contributed by atoms with Crippen molar-refractivity contribution in [3.05, 3.63) is 50.5 Å². The van der Waals surface area contributed by atoms with Crippen LogP contribution in [0.4, 0.5) is 4.39 Å². The lowest BCUT2D eigenvalue weighted by molar-refractivity contribution is -0.117. The Morgan fingerprint density at radius 1 is 1.43 bits per heavy atom. The summed E-state index contributed by atoms with van der Waals surface area (Å²) in [6, 6.07) is 4.42. The van der Waals surface area contributed by atoms with Crippen LogP contribution in [0.3, 0.4) is 0 Å². The summed E-state index contributed by atoms with van der Waals surface area (Å²) < 4.78 is 16.2. The van der Waals surface area contributed by atoms with E-state index in [9.17, 15) is 9.18 Å². The molecule has 0 spiro atoms. The van der Waals surface area contributed by atoms with Crippen LogP contribution < -0.4 is 0 Å². The van der Waals surface area contributed by atoms with Crippen LogP contribution in [-0.4, -0.2) is 15.6 Å². The van der Waals surface area contributed by atoms with E-state index < -0.39 is 5.82 Å². The third kappa shape index (κ3) is 3.52. The minimum absolute atomic E-state index is 0.0232. The fourth-order valence-electron chi connectivity index (χ4n) is 2.16. The molecule has 0 radical (unpaired) electrons. The third-order valence-electron chi connectivity index (χ3n) is 3.30. The number of aryl methyl sites for hydroxylation is 2. The molecule has 0 aliphatic rings. The van der Waals surface area contributed by atoms with Gasteiger partial charge >= 0.3 is 0 Å². The molecule has 0 unspecified atom stereocenters. The lowest BCUT2D eigenvalue weighted by Crippen LogP contribution is -2.11. The second-order valence-electron chi connectivity index (χ2n) is 4.78. The van der Waals surface area contributed by atoms with E-state index in [1.54, 1.807) is 17.8 Å². The quantitative estimate of drug-likeness (QED) is 0.797. The summed E-state index contributed by atoms with van der Waals surface area (Å²) in [5, 5.41) is 4.62. The number of Topliss-reactive ketones (excluding diaryl/α,β-unsaturated/α-hetero) is 1. The van der Waals surface area contributed by atoms with Gasteiger partial charge in [0, 0.05) is 30.5 Å². The molecule has 1 aromatic heterocycles. The van der Waals surface area contributed by atoms with Crippen molar-refractivity contribution in [3.8, 4) is 0 Å². The molecule has 0 amide bonds. The van der Waals surface area contributed by atoms with Crippen LogP contribution in [0.5, 0.6) is 0 Å². The Bertz CT molecular complexity index is 664. The molecular formula is C15H15BrClFN2O. The van der Waals surface area contributed by atoms with E-state index in [0.29, 0.717) is 0 Å². The largest absolute Gasteiger partial charge is 0.299 e. The molecule has 6 heteroatoms. The van der Waals surface area contributed by atoms with E-state index in [-0.39, 0.29) is 29.2 Å². The number of hydrogen-bond acceptors (Lipinski definition) is 2. The number of carbonyl (C=O) groups is 1. The van der Waals surface area contributed by atoms with Gasteiger partial charge in [-0.25, -0.2) is 4.39 Å². The number of halogens is 3. The maximum atomic E-state index is 13.7. The van der Waals surface area contributed by atoms with Gasteiger partial charge in [0.25, 0.3) is 0 Å². The van der Waals surface area contributed by atoms with Crippen LogP contribution in [0.25, 0.3) is 0 Å². The molecule has 21 heavy (non-hydrogen) atoms. The predicted octanol–water partition coefficient (Wildman–Crippen LogP) is 3.89. The Kier molecular flexibility index (Phi) is 5.17. The average molecular weight is 374 g/mol. The Morgan fingerprint density at radius 2 is 2.14 bits per heavy atom. The number of ketones is 1. The van der Waals surface area contributed by atoms with Gasteiger partial charge in [0.05, 0.1) is 15.9 Å². The Hall–Kier alpha value is -1.20. The van der Waals surface area contributed by atoms with Gasteiger partial charge in [-0.15, -0.1) is 0 Å². The molecule has 0 aliphatic heterocycles. The average Bonchev–Trinajstić information content (AvgIpc) is 2.70. The van der Waals surface area contributed by atoms with Crippen molar-refractivity contribution in [3.63, 3.8) is 0 Å². The first kappa shape index (κ1) is 16.2. The summed E-state index contributed by atoms with van der Waals surface area (Å²) >= 11 is 9.42. The van der Waals surface area contributed by atoms with Crippen molar-refractivity contribution in [2.75, 3.05) is 0 Å². The maximum Gasteiger partial charge on any atom is 0.143 e. The van der Waals surface area contributed by atoms with Crippen LogP contribution in [0, 0.1) is 5.82 Å². The van der Waals surface area contributed by atoms with Crippen LogP contribution in [0.1, 0.15) is 23.9 Å². The first-order valence-electron chi connectivity index (χ1n) is 6.58. The highest BCUT2D eigenvalue weighted by atomic mass is 79.9. The van der Waals surface area contributed by atoms with Gasteiger partial charge in [-0.3, -0.25) is 9.48 Å². The lowest BCUT2D eigenvalue weighted by atomic mass is 10.0. The zero-order valence-corrected chi connectivity index (χ0v) is 14.1. The number of aromatic nitrogens is 2. The highest BCUT2D eigenvalue weighted by molar-refractivity contribution is 9.10. The van der Waals surface area contributed by atoms with Gasteiger partial charge in [-0.2, -0.15) is 5.10 Å². The molecule has 3 nitrogen and oxygen atoms in total. The molecule has 2 rings (SSSR count). The zero-order valence-electron chi connectivity index (χ0n) is 11.8. The summed E-state index contributed by atoms with van der Waals surface area (Å²) in [4.78, 5) is 12.2. The molecule has 2 aromatic rings. The SMILES string of the molecule is CCc1nn(C)c(CC(=O)Cc2c(F)cccc2Cl)c1Br. The molecule has 0 aliphatic carbocycles. The molecule has 0 saturated carbocycles. The van der Waals surface area contributed by atoms with Crippen molar-refractivity contribution < 1.29 is 9.18 Å². The highest BCUT2D eigenvalue weighted by Crippen LogP contribution is 2.24. The molecule has 0 atom stereocenters. The molecule has 112 valence electrons. The number of carbonyl (C=O) groups excluding carboxylic acids is 1. The second kappa shape index (κ2) is 6.71. The minimum atomic E-state index is -0.450. The summed E-state index contributed by atoms with van der Waals surface area (Å²) in [5.41, 5.74) is 1.95. The molecule has 0 bridgehead atoms. The standard InChI is InChI=1S/C15H15BrClFN2O/c1-3-13-15(16)14(20(2)19-13)8-9(21)7-10-11(17)5-4-6-12(10)18/h4-6H,3,7-8H2,1-2H3. The Morgan fingerprint density at radius 3 is 2.71 bits per heavy atom. The Labute approximate surface area is 136 Å². The van der Waals surface area contributed by atoms with E-state index in [0.717, 1.165) is 22.3 Å². The maximum absolute atomic E-state index is 13.7. The second-order valence-corrected chi connectivity index (χ2v) is 5.98. The van der Waals surface area contributed by atoms with Crippen molar-refractivity contribution in [1.82, 2.24) is 9.78 Å². The molecular weight excluding hydrogens is 359 g/mol. The molecule has 0 fully saturated rings. The van der Waals surface area contributed by atoms with E-state index in [2.05, 4.69) is 21.0 Å². The van der Waals surface area contributed by atoms with Crippen LogP contribution in [-0.2, 0) is 31.1 Å². The number of rotatable bonds is 5. The van der Waals surface area contributed by atoms with E-state index in [1.807, 2.05) is 6.92 Å². The van der Waals surface area contributed by atoms with E-state index in [1.165, 1.54) is 12.1 Å². The van der Waals surface area contributed by atoms with Crippen molar-refractivity contribution in [1.29, 1.82) is 0 Å². The highest BCUT2D eigenvalue weighted by Gasteiger charge is 2.18. The van der Waals surface area contributed by atoms with Gasteiger partial charge in [0.15, 0.2) is 0 Å². The summed E-state index contributed by atoms with van der Waals surface area (Å²) in [7, 11) is 1.79. The summed E-state index contributed by atoms with van der Waals surface area (Å²) in [6.45, 7) is 2.00. The van der Waals surface area contributed by atoms with E-state index >= 15 is 0 Å². The van der Waals surface area contributed by atoms with Crippen LogP contribution >= 0.6 is 27.5 Å². The predicted molar refractivity (Wildman–Crippen MR) is 84.1 cm³/mol. The topological polar surface area (TPSA) is 34.9 Å². The first-order valence-corrected chi connectivity index (χ1v) is 7.76. The third-order valence-corrected chi connectivity index (χ3v) is 4.57. The normalized spacial score (nSPS) is 10.9. The lowest BCUT2D eigenvalue weighted by Gasteiger charge is -2.06. The monoisotopic (exact) mass is 372 g/mol. The van der Waals surface area contributed by atoms with E-state index in [4.69, 9.17) is 11.6 Å². The zero-order chi connectivity index (χ0) is 15.6. The Balaban J connectivity index is 2.18.